The first-order chi connectivity index (χ1) is 19.7. The summed E-state index contributed by atoms with van der Waals surface area (Å²) in [5.74, 6) is -5.23. The number of methoxy groups -OCH3 is 1. The van der Waals surface area contributed by atoms with E-state index in [9.17, 15) is 35.1 Å². The van der Waals surface area contributed by atoms with Crippen LogP contribution in [-0.4, -0.2) is 44.2 Å². The van der Waals surface area contributed by atoms with Crippen molar-refractivity contribution < 1.29 is 49.3 Å². The van der Waals surface area contributed by atoms with Crippen LogP contribution in [0.5, 0.6) is 46.0 Å². The largest absolute Gasteiger partial charge is 0.508 e. The van der Waals surface area contributed by atoms with Crippen LogP contribution in [0, 0.1) is 11.8 Å². The monoisotopic (exact) mass is 556 g/mol. The standard InChI is InChI=1S/C31H24O10/c1-39-19-8-4-15(5-9-19)31-27(29(38)25-21(36)11-18(34)13-23(25)41-31)26-28(37)24-20(35)10-17(33)12-22(24)40-30(26)14-2-6-16(32)7-3-14/h2-13,26-27,30-36H,1H3/t26-,27+,30+,31+/m0/s1. The molecule has 0 fully saturated rings. The summed E-state index contributed by atoms with van der Waals surface area (Å²) in [7, 11) is 1.50. The molecular formula is C31H24O10. The van der Waals surface area contributed by atoms with Crippen molar-refractivity contribution in [1.82, 2.24) is 0 Å². The molecule has 10 heteroatoms. The van der Waals surface area contributed by atoms with Crippen molar-refractivity contribution in [3.05, 3.63) is 95.1 Å². The number of phenols is 5. The minimum absolute atomic E-state index is 0.0324. The number of hydrogen-bond donors (Lipinski definition) is 5. The molecule has 0 saturated heterocycles. The van der Waals surface area contributed by atoms with Gasteiger partial charge in [-0.15, -0.1) is 0 Å². The van der Waals surface area contributed by atoms with Gasteiger partial charge in [-0.2, -0.15) is 0 Å². The quantitative estimate of drug-likeness (QED) is 0.236. The Bertz CT molecular complexity index is 1680. The molecule has 0 radical (unpaired) electrons. The van der Waals surface area contributed by atoms with E-state index in [2.05, 4.69) is 0 Å². The highest BCUT2D eigenvalue weighted by Crippen LogP contribution is 2.53. The van der Waals surface area contributed by atoms with Crippen LogP contribution < -0.4 is 14.2 Å². The summed E-state index contributed by atoms with van der Waals surface area (Å²) >= 11 is 0. The van der Waals surface area contributed by atoms with Gasteiger partial charge in [-0.05, 0) is 35.4 Å². The Balaban J connectivity index is 1.58. The van der Waals surface area contributed by atoms with E-state index in [-0.39, 0.29) is 39.9 Å². The van der Waals surface area contributed by atoms with Crippen molar-refractivity contribution in [2.75, 3.05) is 7.11 Å². The molecule has 4 atom stereocenters. The molecule has 0 saturated carbocycles. The number of hydrogen-bond acceptors (Lipinski definition) is 10. The lowest BCUT2D eigenvalue weighted by atomic mass is 9.69. The summed E-state index contributed by atoms with van der Waals surface area (Å²) in [5, 5.41) is 51.4. The van der Waals surface area contributed by atoms with Gasteiger partial charge in [0.15, 0.2) is 11.6 Å². The number of ether oxygens (including phenoxy) is 3. The third-order valence-corrected chi connectivity index (χ3v) is 7.44. The van der Waals surface area contributed by atoms with Crippen molar-refractivity contribution in [3.63, 3.8) is 0 Å². The first-order valence-corrected chi connectivity index (χ1v) is 12.6. The molecule has 4 aromatic carbocycles. The van der Waals surface area contributed by atoms with E-state index in [1.165, 1.54) is 43.5 Å². The molecule has 10 nitrogen and oxygen atoms in total. The first kappa shape index (κ1) is 25.9. The lowest BCUT2D eigenvalue weighted by Crippen LogP contribution is -2.45. The molecular weight excluding hydrogens is 532 g/mol. The highest BCUT2D eigenvalue weighted by Gasteiger charge is 2.53. The molecule has 4 aromatic rings. The molecule has 0 bridgehead atoms. The molecule has 0 aliphatic carbocycles. The SMILES string of the molecule is COc1ccc([C@H]2Oc3cc(O)cc(O)c3C(=O)[C@H]2[C@H]2C(=O)c3c(O)cc(O)cc3O[C@@H]2c2ccc(O)cc2)cc1. The van der Waals surface area contributed by atoms with E-state index in [1.807, 2.05) is 0 Å². The maximum Gasteiger partial charge on any atom is 0.178 e. The minimum Gasteiger partial charge on any atom is -0.508 e. The highest BCUT2D eigenvalue weighted by molar-refractivity contribution is 6.11. The smallest absolute Gasteiger partial charge is 0.178 e. The van der Waals surface area contributed by atoms with Gasteiger partial charge in [0.1, 0.15) is 69.3 Å². The zero-order valence-corrected chi connectivity index (χ0v) is 21.5. The number of Topliss-reactive ketones (excluding diaryl/α,β-unsaturated/α-hetero) is 2. The summed E-state index contributed by atoms with van der Waals surface area (Å²) in [4.78, 5) is 28.6. The van der Waals surface area contributed by atoms with Gasteiger partial charge in [0.05, 0.1) is 18.9 Å². The lowest BCUT2D eigenvalue weighted by Gasteiger charge is -2.42. The Hall–Kier alpha value is -5.38. The maximum absolute atomic E-state index is 14.3. The number of benzene rings is 4. The summed E-state index contributed by atoms with van der Waals surface area (Å²) in [5.41, 5.74) is 0.493. The van der Waals surface area contributed by atoms with Crippen LogP contribution in [0.25, 0.3) is 0 Å². The summed E-state index contributed by atoms with van der Waals surface area (Å²) in [6.45, 7) is 0. The third kappa shape index (κ3) is 4.29. The molecule has 2 aliphatic heterocycles. The maximum atomic E-state index is 14.3. The van der Waals surface area contributed by atoms with Crippen LogP contribution in [0.1, 0.15) is 44.1 Å². The van der Waals surface area contributed by atoms with Gasteiger partial charge in [0.25, 0.3) is 0 Å². The van der Waals surface area contributed by atoms with Crippen molar-refractivity contribution >= 4 is 11.6 Å². The molecule has 5 N–H and O–H groups in total. The first-order valence-electron chi connectivity index (χ1n) is 12.6. The number of carbonyl (C=O) groups is 2. The number of fused-ring (bicyclic) bond motifs is 2. The van der Waals surface area contributed by atoms with Crippen LogP contribution in [0.3, 0.4) is 0 Å². The fourth-order valence-corrected chi connectivity index (χ4v) is 5.59. The lowest BCUT2D eigenvalue weighted by molar-refractivity contribution is 0.0129. The number of carbonyl (C=O) groups excluding carboxylic acids is 2. The second-order valence-corrected chi connectivity index (χ2v) is 9.90. The Morgan fingerprint density at radius 3 is 1.41 bits per heavy atom. The summed E-state index contributed by atoms with van der Waals surface area (Å²) in [6.07, 6.45) is -2.23. The van der Waals surface area contributed by atoms with Crippen LogP contribution >= 0.6 is 0 Å². The van der Waals surface area contributed by atoms with Crippen molar-refractivity contribution in [2.45, 2.75) is 12.2 Å². The van der Waals surface area contributed by atoms with Crippen molar-refractivity contribution in [1.29, 1.82) is 0 Å². The van der Waals surface area contributed by atoms with Crippen LogP contribution in [0.15, 0.2) is 72.8 Å². The van der Waals surface area contributed by atoms with E-state index >= 15 is 0 Å². The molecule has 0 amide bonds. The number of aromatic hydroxyl groups is 5. The minimum atomic E-state index is -1.30. The Kier molecular flexibility index (Phi) is 6.10. The fourth-order valence-electron chi connectivity index (χ4n) is 5.59. The average molecular weight is 557 g/mol. The van der Waals surface area contributed by atoms with Crippen molar-refractivity contribution in [2.24, 2.45) is 11.8 Å². The molecule has 6 rings (SSSR count). The molecule has 208 valence electrons. The van der Waals surface area contributed by atoms with Crippen LogP contribution in [0.4, 0.5) is 0 Å². The molecule has 0 spiro atoms. The Labute approximate surface area is 233 Å². The van der Waals surface area contributed by atoms with Gasteiger partial charge in [0, 0.05) is 24.3 Å². The Morgan fingerprint density at radius 1 is 0.585 bits per heavy atom. The highest BCUT2D eigenvalue weighted by atomic mass is 16.5. The Morgan fingerprint density at radius 2 is 1.00 bits per heavy atom. The van der Waals surface area contributed by atoms with E-state index in [0.717, 1.165) is 12.1 Å². The van der Waals surface area contributed by atoms with Gasteiger partial charge in [-0.1, -0.05) is 24.3 Å². The molecule has 41 heavy (non-hydrogen) atoms. The van der Waals surface area contributed by atoms with Crippen LogP contribution in [-0.2, 0) is 0 Å². The molecule has 2 heterocycles. The summed E-state index contributed by atoms with van der Waals surface area (Å²) < 4.78 is 17.7. The van der Waals surface area contributed by atoms with E-state index < -0.39 is 47.1 Å². The number of phenolic OH excluding ortho intramolecular Hbond substituents is 5. The van der Waals surface area contributed by atoms with Gasteiger partial charge < -0.3 is 39.7 Å². The predicted molar refractivity (Wildman–Crippen MR) is 143 cm³/mol. The van der Waals surface area contributed by atoms with Crippen molar-refractivity contribution in [3.8, 4) is 46.0 Å². The average Bonchev–Trinajstić information content (AvgIpc) is 2.93. The van der Waals surface area contributed by atoms with Gasteiger partial charge in [-0.25, -0.2) is 0 Å². The fraction of sp³-hybridized carbons (Fsp3) is 0.161. The predicted octanol–water partition coefficient (Wildman–Crippen LogP) is 4.79. The summed E-state index contributed by atoms with van der Waals surface area (Å²) in [6, 6.07) is 17.0. The molecule has 2 aliphatic rings. The molecule has 0 aromatic heterocycles. The number of rotatable bonds is 4. The zero-order valence-electron chi connectivity index (χ0n) is 21.5. The van der Waals surface area contributed by atoms with E-state index in [4.69, 9.17) is 14.2 Å². The second-order valence-electron chi connectivity index (χ2n) is 9.90. The normalized spacial score (nSPS) is 21.3. The van der Waals surface area contributed by atoms with Gasteiger partial charge >= 0.3 is 0 Å². The topological polar surface area (TPSA) is 163 Å². The number of ketones is 2. The van der Waals surface area contributed by atoms with Gasteiger partial charge in [-0.3, -0.25) is 9.59 Å². The van der Waals surface area contributed by atoms with Gasteiger partial charge in [0.2, 0.25) is 0 Å². The van der Waals surface area contributed by atoms with E-state index in [1.54, 1.807) is 24.3 Å². The molecule has 0 unspecified atom stereocenters. The van der Waals surface area contributed by atoms with Crippen LogP contribution in [0.2, 0.25) is 0 Å². The van der Waals surface area contributed by atoms with E-state index in [0.29, 0.717) is 16.9 Å². The zero-order chi connectivity index (χ0) is 29.0. The second kappa shape index (κ2) is 9.67. The third-order valence-electron chi connectivity index (χ3n) is 7.44.